The molecule has 0 aliphatic carbocycles. The summed E-state index contributed by atoms with van der Waals surface area (Å²) < 4.78 is 10.1. The standard InChI is InChI=1S/C37H49ClN8O5S/c1-36(2,3)51-35(49)43-24-37(4)14-18-45(19-15-37)29-22-40-31(23-39-29)52-28-10-7-9-27(32(28)38)44-30(47)11-6-8-25-12-16-46(17-13-25)34-41-20-26(21-42-34)33(48)50-5/h7,9-10,20-23,25H,6,8,11-19,24H2,1-5H3,(H,43,49)(H,44,47). The Morgan fingerprint density at radius 2 is 1.69 bits per heavy atom. The number of esters is 1. The van der Waals surface area contributed by atoms with Crippen molar-refractivity contribution < 1.29 is 23.9 Å². The lowest BCUT2D eigenvalue weighted by Crippen LogP contribution is -2.45. The lowest BCUT2D eigenvalue weighted by molar-refractivity contribution is -0.116. The quantitative estimate of drug-likeness (QED) is 0.183. The SMILES string of the molecule is COC(=O)c1cnc(N2CCC(CCCC(=O)Nc3cccc(Sc4cnc(N5CCC(C)(CNC(=O)OC(C)(C)C)CC5)cn4)c3Cl)CC2)nc1. The van der Waals surface area contributed by atoms with Crippen LogP contribution in [0.3, 0.4) is 0 Å². The highest BCUT2D eigenvalue weighted by Crippen LogP contribution is 2.37. The Balaban J connectivity index is 1.03. The second-order valence-corrected chi connectivity index (χ2v) is 16.2. The summed E-state index contributed by atoms with van der Waals surface area (Å²) in [7, 11) is 1.33. The summed E-state index contributed by atoms with van der Waals surface area (Å²) >= 11 is 8.15. The average molecular weight is 753 g/mol. The van der Waals surface area contributed by atoms with E-state index >= 15 is 0 Å². The molecular formula is C37H49ClN8O5S. The molecule has 0 saturated carbocycles. The molecule has 52 heavy (non-hydrogen) atoms. The van der Waals surface area contributed by atoms with Crippen molar-refractivity contribution in [1.29, 1.82) is 0 Å². The van der Waals surface area contributed by atoms with E-state index in [4.69, 9.17) is 21.1 Å². The largest absolute Gasteiger partial charge is 0.465 e. The second kappa shape index (κ2) is 17.6. The zero-order valence-corrected chi connectivity index (χ0v) is 32.2. The number of hydrogen-bond acceptors (Lipinski definition) is 12. The van der Waals surface area contributed by atoms with Crippen molar-refractivity contribution in [3.05, 3.63) is 53.6 Å². The van der Waals surface area contributed by atoms with Crippen molar-refractivity contribution >= 4 is 58.8 Å². The van der Waals surface area contributed by atoms with E-state index in [9.17, 15) is 14.4 Å². The summed E-state index contributed by atoms with van der Waals surface area (Å²) in [5, 5.41) is 7.09. The first-order valence-electron chi connectivity index (χ1n) is 17.8. The van der Waals surface area contributed by atoms with Gasteiger partial charge in [0.25, 0.3) is 0 Å². The minimum absolute atomic E-state index is 0.0213. The van der Waals surface area contributed by atoms with E-state index in [1.165, 1.54) is 31.3 Å². The van der Waals surface area contributed by atoms with Gasteiger partial charge in [-0.2, -0.15) is 0 Å². The molecule has 0 atom stereocenters. The van der Waals surface area contributed by atoms with Crippen LogP contribution in [0.15, 0.2) is 52.9 Å². The van der Waals surface area contributed by atoms with Crippen LogP contribution in [-0.4, -0.2) is 83.3 Å². The molecule has 0 unspecified atom stereocenters. The van der Waals surface area contributed by atoms with Gasteiger partial charge in [0.1, 0.15) is 16.4 Å². The normalized spacial score (nSPS) is 16.3. The van der Waals surface area contributed by atoms with Gasteiger partial charge in [0.2, 0.25) is 11.9 Å². The van der Waals surface area contributed by atoms with Crippen LogP contribution in [0.5, 0.6) is 0 Å². The summed E-state index contributed by atoms with van der Waals surface area (Å²) in [5.41, 5.74) is 0.362. The number of anilines is 3. The fourth-order valence-electron chi connectivity index (χ4n) is 6.27. The van der Waals surface area contributed by atoms with Gasteiger partial charge < -0.3 is 29.9 Å². The molecule has 2 amide bonds. The molecule has 0 bridgehead atoms. The van der Waals surface area contributed by atoms with Crippen molar-refractivity contribution in [2.24, 2.45) is 11.3 Å². The van der Waals surface area contributed by atoms with Crippen molar-refractivity contribution in [2.75, 3.05) is 55.0 Å². The third kappa shape index (κ3) is 11.2. The number of nitrogens with zero attached hydrogens (tertiary/aromatic N) is 6. The topological polar surface area (TPSA) is 152 Å². The highest BCUT2D eigenvalue weighted by atomic mass is 35.5. The van der Waals surface area contributed by atoms with E-state index in [-0.39, 0.29) is 17.4 Å². The molecule has 2 N–H and O–H groups in total. The lowest BCUT2D eigenvalue weighted by atomic mass is 9.80. The van der Waals surface area contributed by atoms with Gasteiger partial charge in [-0.1, -0.05) is 36.4 Å². The van der Waals surface area contributed by atoms with Gasteiger partial charge in [-0.3, -0.25) is 4.79 Å². The predicted molar refractivity (Wildman–Crippen MR) is 202 cm³/mol. The van der Waals surface area contributed by atoms with E-state index in [0.29, 0.717) is 46.1 Å². The van der Waals surface area contributed by atoms with Crippen LogP contribution in [0.25, 0.3) is 0 Å². The van der Waals surface area contributed by atoms with Crippen molar-refractivity contribution in [2.45, 2.75) is 88.2 Å². The monoisotopic (exact) mass is 752 g/mol. The summed E-state index contributed by atoms with van der Waals surface area (Å²) in [6, 6.07) is 5.58. The van der Waals surface area contributed by atoms with Gasteiger partial charge in [0, 0.05) is 56.4 Å². The number of ether oxygens (including phenoxy) is 2. The third-order valence-electron chi connectivity index (χ3n) is 9.39. The summed E-state index contributed by atoms with van der Waals surface area (Å²) in [6.07, 6.45) is 12.1. The smallest absolute Gasteiger partial charge is 0.407 e. The van der Waals surface area contributed by atoms with E-state index in [0.717, 1.165) is 75.4 Å². The van der Waals surface area contributed by atoms with Crippen LogP contribution in [0.4, 0.5) is 22.2 Å². The minimum Gasteiger partial charge on any atom is -0.465 e. The molecule has 2 aliphatic heterocycles. The number of aromatic nitrogens is 4. The Kier molecular flexibility index (Phi) is 13.2. The average Bonchev–Trinajstić information content (AvgIpc) is 3.12. The van der Waals surface area contributed by atoms with Gasteiger partial charge in [-0.05, 0) is 82.8 Å². The lowest BCUT2D eigenvalue weighted by Gasteiger charge is -2.40. The number of carbonyl (C=O) groups is 3. The van der Waals surface area contributed by atoms with Crippen LogP contribution in [0.1, 0.15) is 83.0 Å². The van der Waals surface area contributed by atoms with Crippen LogP contribution >= 0.6 is 23.4 Å². The molecule has 3 aromatic rings. The Hall–Kier alpha value is -4.17. The van der Waals surface area contributed by atoms with Crippen LogP contribution in [0.2, 0.25) is 5.02 Å². The number of benzene rings is 1. The maximum Gasteiger partial charge on any atom is 0.407 e. The van der Waals surface area contributed by atoms with Crippen molar-refractivity contribution in [1.82, 2.24) is 25.3 Å². The number of nitrogens with one attached hydrogen (secondary N) is 2. The summed E-state index contributed by atoms with van der Waals surface area (Å²) in [6.45, 7) is 11.6. The number of halogens is 1. The second-order valence-electron chi connectivity index (χ2n) is 14.7. The van der Waals surface area contributed by atoms with E-state index in [1.807, 2.05) is 39.0 Å². The maximum absolute atomic E-state index is 12.9. The zero-order valence-electron chi connectivity index (χ0n) is 30.6. The van der Waals surface area contributed by atoms with E-state index < -0.39 is 11.6 Å². The molecule has 0 spiro atoms. The molecule has 2 aliphatic rings. The van der Waals surface area contributed by atoms with Crippen LogP contribution < -0.4 is 20.4 Å². The molecule has 5 rings (SSSR count). The molecule has 15 heteroatoms. The molecule has 2 aromatic heterocycles. The molecule has 13 nitrogen and oxygen atoms in total. The summed E-state index contributed by atoms with van der Waals surface area (Å²) in [5.74, 6) is 1.43. The van der Waals surface area contributed by atoms with Gasteiger partial charge in [0.15, 0.2) is 0 Å². The first-order chi connectivity index (χ1) is 24.8. The molecular weight excluding hydrogens is 704 g/mol. The highest BCUT2D eigenvalue weighted by molar-refractivity contribution is 7.99. The number of rotatable bonds is 12. The number of piperidine rings is 2. The Bertz CT molecular complexity index is 1670. The number of methoxy groups -OCH3 is 1. The molecule has 1 aromatic carbocycles. The third-order valence-corrected chi connectivity index (χ3v) is 10.9. The van der Waals surface area contributed by atoms with Gasteiger partial charge in [-0.15, -0.1) is 0 Å². The Morgan fingerprint density at radius 3 is 2.33 bits per heavy atom. The molecule has 4 heterocycles. The number of carbonyl (C=O) groups excluding carboxylic acids is 3. The fraction of sp³-hybridized carbons (Fsp3) is 0.541. The summed E-state index contributed by atoms with van der Waals surface area (Å²) in [4.78, 5) is 59.7. The maximum atomic E-state index is 12.9. The van der Waals surface area contributed by atoms with Crippen molar-refractivity contribution in [3.8, 4) is 0 Å². The first kappa shape index (κ1) is 39.0. The van der Waals surface area contributed by atoms with E-state index in [2.05, 4.69) is 47.3 Å². The predicted octanol–water partition coefficient (Wildman–Crippen LogP) is 7.01. The molecule has 0 radical (unpaired) electrons. The van der Waals surface area contributed by atoms with Gasteiger partial charge in [-0.25, -0.2) is 29.5 Å². The van der Waals surface area contributed by atoms with Crippen LogP contribution in [0, 0.1) is 11.3 Å². The molecule has 2 saturated heterocycles. The fourth-order valence-corrected chi connectivity index (χ4v) is 7.34. The van der Waals surface area contributed by atoms with E-state index in [1.54, 1.807) is 12.4 Å². The number of amides is 2. The molecule has 280 valence electrons. The minimum atomic E-state index is -0.522. The highest BCUT2D eigenvalue weighted by Gasteiger charge is 2.32. The first-order valence-corrected chi connectivity index (χ1v) is 19.0. The number of hydrogen-bond donors (Lipinski definition) is 2. The van der Waals surface area contributed by atoms with Gasteiger partial charge in [0.05, 0.1) is 35.8 Å². The molecule has 2 fully saturated rings. The zero-order chi connectivity index (χ0) is 37.3. The Labute approximate surface area is 315 Å². The number of alkyl carbamates (subject to hydrolysis) is 1. The Morgan fingerprint density at radius 1 is 0.981 bits per heavy atom. The van der Waals surface area contributed by atoms with Crippen LogP contribution in [-0.2, 0) is 14.3 Å². The van der Waals surface area contributed by atoms with Gasteiger partial charge >= 0.3 is 12.1 Å². The van der Waals surface area contributed by atoms with Crippen molar-refractivity contribution in [3.63, 3.8) is 0 Å².